The third kappa shape index (κ3) is 2.26. The highest BCUT2D eigenvalue weighted by Gasteiger charge is 2.33. The van der Waals surface area contributed by atoms with Crippen LogP contribution in [0.3, 0.4) is 0 Å². The molecule has 3 nitrogen and oxygen atoms in total. The second kappa shape index (κ2) is 4.03. The monoisotopic (exact) mass is 245 g/mol. The van der Waals surface area contributed by atoms with Crippen LogP contribution in [-0.4, -0.2) is 17.6 Å². The zero-order valence-electron chi connectivity index (χ0n) is 8.71. The quantitative estimate of drug-likeness (QED) is 0.795. The smallest absolute Gasteiger partial charge is 0.416 e. The van der Waals surface area contributed by atoms with Crippen LogP contribution >= 0.6 is 0 Å². The molecule has 0 aliphatic carbocycles. The Balaban J connectivity index is 2.43. The highest BCUT2D eigenvalue weighted by molar-refractivity contribution is 5.77. The lowest BCUT2D eigenvalue weighted by molar-refractivity contribution is -0.138. The molecule has 0 fully saturated rings. The minimum absolute atomic E-state index is 0.244. The largest absolute Gasteiger partial charge is 0.481 e. The Kier molecular flexibility index (Phi) is 2.82. The molecule has 2 rings (SSSR count). The van der Waals surface area contributed by atoms with E-state index in [0.29, 0.717) is 11.1 Å². The Bertz CT molecular complexity index is 457. The third-order valence-electron chi connectivity index (χ3n) is 2.81. The van der Waals surface area contributed by atoms with Gasteiger partial charge in [0, 0.05) is 13.1 Å². The van der Waals surface area contributed by atoms with Crippen molar-refractivity contribution in [1.29, 1.82) is 0 Å². The molecule has 0 spiro atoms. The molecule has 92 valence electrons. The maximum Gasteiger partial charge on any atom is 0.416 e. The molecule has 0 amide bonds. The van der Waals surface area contributed by atoms with Gasteiger partial charge < -0.3 is 10.4 Å². The number of aliphatic carboxylic acids is 1. The Labute approximate surface area is 95.3 Å². The number of carboxylic acids is 1. The standard InChI is InChI=1S/C11H10F3NO2/c12-11(13,14)7-1-2-8-6(3-7)4-15-5-9(8)10(16)17/h1-3,9,15H,4-5H2,(H,16,17). The fourth-order valence-electron chi connectivity index (χ4n) is 1.96. The number of hydrogen-bond donors (Lipinski definition) is 2. The van der Waals surface area contributed by atoms with Crippen LogP contribution in [0.5, 0.6) is 0 Å². The van der Waals surface area contributed by atoms with Crippen molar-refractivity contribution >= 4 is 5.97 Å². The van der Waals surface area contributed by atoms with E-state index in [9.17, 15) is 18.0 Å². The van der Waals surface area contributed by atoms with Crippen molar-refractivity contribution in [2.24, 2.45) is 0 Å². The summed E-state index contributed by atoms with van der Waals surface area (Å²) in [6, 6.07) is 3.20. The van der Waals surface area contributed by atoms with Gasteiger partial charge in [-0.05, 0) is 23.3 Å². The first-order valence-corrected chi connectivity index (χ1v) is 5.03. The summed E-state index contributed by atoms with van der Waals surface area (Å²) >= 11 is 0. The van der Waals surface area contributed by atoms with Crippen LogP contribution in [0.25, 0.3) is 0 Å². The molecule has 1 aromatic carbocycles. The lowest BCUT2D eigenvalue weighted by Crippen LogP contribution is -2.32. The van der Waals surface area contributed by atoms with Crippen LogP contribution in [0.1, 0.15) is 22.6 Å². The average Bonchev–Trinajstić information content (AvgIpc) is 2.26. The summed E-state index contributed by atoms with van der Waals surface area (Å²) in [7, 11) is 0. The first-order valence-electron chi connectivity index (χ1n) is 5.03. The van der Waals surface area contributed by atoms with Gasteiger partial charge in [0.2, 0.25) is 0 Å². The van der Waals surface area contributed by atoms with Gasteiger partial charge in [0.1, 0.15) is 0 Å². The number of fused-ring (bicyclic) bond motifs is 1. The number of carboxylic acid groups (broad SMARTS) is 1. The summed E-state index contributed by atoms with van der Waals surface area (Å²) in [5.41, 5.74) is 0.117. The topological polar surface area (TPSA) is 49.3 Å². The number of benzene rings is 1. The van der Waals surface area contributed by atoms with Crippen LogP contribution < -0.4 is 5.32 Å². The van der Waals surface area contributed by atoms with E-state index in [-0.39, 0.29) is 13.1 Å². The molecule has 6 heteroatoms. The van der Waals surface area contributed by atoms with Gasteiger partial charge in [0.25, 0.3) is 0 Å². The number of halogens is 3. The van der Waals surface area contributed by atoms with Gasteiger partial charge in [-0.15, -0.1) is 0 Å². The fraction of sp³-hybridized carbons (Fsp3) is 0.364. The second-order valence-corrected chi connectivity index (χ2v) is 3.93. The van der Waals surface area contributed by atoms with Crippen molar-refractivity contribution in [2.45, 2.75) is 18.6 Å². The number of rotatable bonds is 1. The normalized spacial score (nSPS) is 19.8. The summed E-state index contributed by atoms with van der Waals surface area (Å²) in [4.78, 5) is 10.9. The summed E-state index contributed by atoms with van der Waals surface area (Å²) in [6.07, 6.45) is -4.40. The first kappa shape index (κ1) is 11.9. The van der Waals surface area contributed by atoms with Crippen molar-refractivity contribution in [2.75, 3.05) is 6.54 Å². The van der Waals surface area contributed by atoms with E-state index in [2.05, 4.69) is 5.32 Å². The van der Waals surface area contributed by atoms with Gasteiger partial charge in [-0.1, -0.05) is 6.07 Å². The Morgan fingerprint density at radius 3 is 2.71 bits per heavy atom. The van der Waals surface area contributed by atoms with E-state index >= 15 is 0 Å². The molecule has 0 radical (unpaired) electrons. The molecule has 1 atom stereocenters. The van der Waals surface area contributed by atoms with Gasteiger partial charge in [-0.3, -0.25) is 4.79 Å². The van der Waals surface area contributed by atoms with Crippen molar-refractivity contribution in [3.05, 3.63) is 34.9 Å². The number of nitrogens with one attached hydrogen (secondary N) is 1. The maximum absolute atomic E-state index is 12.5. The van der Waals surface area contributed by atoms with Crippen LogP contribution in [0, 0.1) is 0 Å². The Morgan fingerprint density at radius 2 is 2.12 bits per heavy atom. The molecule has 17 heavy (non-hydrogen) atoms. The van der Waals surface area contributed by atoms with Gasteiger partial charge in [0.05, 0.1) is 11.5 Å². The lowest BCUT2D eigenvalue weighted by Gasteiger charge is -2.24. The van der Waals surface area contributed by atoms with Crippen LogP contribution in [0.4, 0.5) is 13.2 Å². The Morgan fingerprint density at radius 1 is 1.41 bits per heavy atom. The van der Waals surface area contributed by atoms with E-state index in [4.69, 9.17) is 5.11 Å². The van der Waals surface area contributed by atoms with Crippen molar-refractivity contribution in [3.63, 3.8) is 0 Å². The molecule has 0 saturated heterocycles. The second-order valence-electron chi connectivity index (χ2n) is 3.93. The number of carbonyl (C=O) groups is 1. The predicted octanol–water partition coefficient (Wildman–Crippen LogP) is 1.98. The molecular weight excluding hydrogens is 235 g/mol. The molecule has 1 aromatic rings. The van der Waals surface area contributed by atoms with E-state index in [1.165, 1.54) is 6.07 Å². The summed E-state index contributed by atoms with van der Waals surface area (Å²) < 4.78 is 37.4. The minimum Gasteiger partial charge on any atom is -0.481 e. The highest BCUT2D eigenvalue weighted by atomic mass is 19.4. The van der Waals surface area contributed by atoms with Crippen LogP contribution in [0.15, 0.2) is 18.2 Å². The average molecular weight is 245 g/mol. The predicted molar refractivity (Wildman–Crippen MR) is 53.5 cm³/mol. The molecule has 1 heterocycles. The zero-order valence-corrected chi connectivity index (χ0v) is 8.71. The van der Waals surface area contributed by atoms with Crippen molar-refractivity contribution in [3.8, 4) is 0 Å². The molecule has 1 aliphatic rings. The molecule has 0 saturated carbocycles. The van der Waals surface area contributed by atoms with Crippen LogP contribution in [0.2, 0.25) is 0 Å². The number of alkyl halides is 3. The van der Waals surface area contributed by atoms with Gasteiger partial charge in [-0.2, -0.15) is 13.2 Å². The van der Waals surface area contributed by atoms with E-state index in [0.717, 1.165) is 12.1 Å². The number of hydrogen-bond acceptors (Lipinski definition) is 2. The zero-order chi connectivity index (χ0) is 12.6. The molecule has 1 aliphatic heterocycles. The summed E-state index contributed by atoms with van der Waals surface area (Å²) in [6.45, 7) is 0.511. The van der Waals surface area contributed by atoms with Gasteiger partial charge in [-0.25, -0.2) is 0 Å². The first-order chi connectivity index (χ1) is 7.89. The third-order valence-corrected chi connectivity index (χ3v) is 2.81. The molecule has 0 aromatic heterocycles. The van der Waals surface area contributed by atoms with E-state index < -0.39 is 23.6 Å². The van der Waals surface area contributed by atoms with E-state index in [1.54, 1.807) is 0 Å². The summed E-state index contributed by atoms with van der Waals surface area (Å²) in [5.74, 6) is -1.81. The highest BCUT2D eigenvalue weighted by Crippen LogP contribution is 2.33. The van der Waals surface area contributed by atoms with Crippen molar-refractivity contribution < 1.29 is 23.1 Å². The minimum atomic E-state index is -4.40. The maximum atomic E-state index is 12.5. The van der Waals surface area contributed by atoms with Gasteiger partial charge in [0.15, 0.2) is 0 Å². The van der Waals surface area contributed by atoms with Crippen LogP contribution in [-0.2, 0) is 17.5 Å². The summed E-state index contributed by atoms with van der Waals surface area (Å²) in [5, 5.41) is 11.8. The van der Waals surface area contributed by atoms with Crippen molar-refractivity contribution in [1.82, 2.24) is 5.32 Å². The SMILES string of the molecule is O=C(O)C1CNCc2cc(C(F)(F)F)ccc21. The molecular formula is C11H10F3NO2. The molecule has 1 unspecified atom stereocenters. The lowest BCUT2D eigenvalue weighted by atomic mass is 9.89. The van der Waals surface area contributed by atoms with Gasteiger partial charge >= 0.3 is 12.1 Å². The fourth-order valence-corrected chi connectivity index (χ4v) is 1.96. The Hall–Kier alpha value is -1.56. The van der Waals surface area contributed by atoms with E-state index in [1.807, 2.05) is 0 Å². The molecule has 2 N–H and O–H groups in total. The molecule has 0 bridgehead atoms.